The Morgan fingerprint density at radius 1 is 1.07 bits per heavy atom. The number of hydrogen-bond acceptors (Lipinski definition) is 7. The quantitative estimate of drug-likeness (QED) is 0.185. The van der Waals surface area contributed by atoms with Gasteiger partial charge in [0.1, 0.15) is 24.4 Å². The lowest BCUT2D eigenvalue weighted by Gasteiger charge is -2.32. The van der Waals surface area contributed by atoms with Gasteiger partial charge >= 0.3 is 6.18 Å². The molecule has 3 heterocycles. The van der Waals surface area contributed by atoms with Crippen LogP contribution in [0.2, 0.25) is 10.0 Å². The molecule has 1 atom stereocenters. The van der Waals surface area contributed by atoms with Gasteiger partial charge < -0.3 is 24.4 Å². The molecule has 1 amide bonds. The van der Waals surface area contributed by atoms with Crippen LogP contribution >= 0.6 is 23.2 Å². The van der Waals surface area contributed by atoms with E-state index in [0.717, 1.165) is 0 Å². The van der Waals surface area contributed by atoms with Crippen molar-refractivity contribution in [2.45, 2.75) is 37.6 Å². The summed E-state index contributed by atoms with van der Waals surface area (Å²) >= 11 is 11.9. The number of alkyl halides is 3. The highest BCUT2D eigenvalue weighted by Gasteiger charge is 2.28. The minimum Gasteiger partial charge on any atom is -0.486 e. The van der Waals surface area contributed by atoms with E-state index in [2.05, 4.69) is 15.3 Å². The van der Waals surface area contributed by atoms with Crippen molar-refractivity contribution in [3.05, 3.63) is 58.6 Å². The summed E-state index contributed by atoms with van der Waals surface area (Å²) in [7, 11) is 0. The minimum absolute atomic E-state index is 0.0573. The molecule has 0 radical (unpaired) electrons. The minimum atomic E-state index is -4.56. The normalized spacial score (nSPS) is 18.3. The lowest BCUT2D eigenvalue weighted by Crippen LogP contribution is -2.41. The van der Waals surface area contributed by atoms with Crippen LogP contribution in [-0.4, -0.2) is 65.5 Å². The summed E-state index contributed by atoms with van der Waals surface area (Å²) in [5.41, 5.74) is 0.558. The first-order valence-corrected chi connectivity index (χ1v) is 13.5. The number of halogens is 6. The van der Waals surface area contributed by atoms with Crippen molar-refractivity contribution in [3.63, 3.8) is 0 Å². The molecular formula is C27H24Cl2F4N4O4. The largest absolute Gasteiger partial charge is 0.486 e. The molecule has 3 aromatic rings. The van der Waals surface area contributed by atoms with Gasteiger partial charge in [0.05, 0.1) is 34.5 Å². The van der Waals surface area contributed by atoms with Gasteiger partial charge in [-0.2, -0.15) is 13.2 Å². The zero-order valence-corrected chi connectivity index (χ0v) is 22.9. The summed E-state index contributed by atoms with van der Waals surface area (Å²) < 4.78 is 70.0. The molecule has 0 saturated carbocycles. The molecule has 2 aliphatic rings. The molecule has 1 aromatic heterocycles. The van der Waals surface area contributed by atoms with Crippen molar-refractivity contribution in [2.24, 2.45) is 0 Å². The summed E-state index contributed by atoms with van der Waals surface area (Å²) in [5.74, 6) is -0.373. The number of carbonyl (C=O) groups excluding carboxylic acids is 1. The Kier molecular flexibility index (Phi) is 8.71. The van der Waals surface area contributed by atoms with Crippen LogP contribution in [0.15, 0.2) is 42.7 Å². The first-order chi connectivity index (χ1) is 19.6. The van der Waals surface area contributed by atoms with Gasteiger partial charge in [-0.3, -0.25) is 4.79 Å². The number of ether oxygens (including phenoxy) is 3. The van der Waals surface area contributed by atoms with Crippen LogP contribution in [0.25, 0.3) is 10.9 Å². The third-order valence-electron chi connectivity index (χ3n) is 6.63. The molecule has 0 bridgehead atoms. The van der Waals surface area contributed by atoms with Gasteiger partial charge in [0.25, 0.3) is 0 Å². The predicted octanol–water partition coefficient (Wildman–Crippen LogP) is 6.48. The van der Waals surface area contributed by atoms with Crippen molar-refractivity contribution in [3.8, 4) is 11.5 Å². The van der Waals surface area contributed by atoms with E-state index in [1.165, 1.54) is 23.4 Å². The number of likely N-dealkylation sites (tertiary alicyclic amines) is 1. The number of amides is 1. The monoisotopic (exact) mass is 614 g/mol. The van der Waals surface area contributed by atoms with E-state index in [-0.39, 0.29) is 52.9 Å². The average molecular weight is 615 g/mol. The molecular weight excluding hydrogens is 591 g/mol. The number of rotatable bonds is 7. The zero-order chi connectivity index (χ0) is 29.1. The maximum Gasteiger partial charge on any atom is 0.409 e. The number of anilines is 2. The summed E-state index contributed by atoms with van der Waals surface area (Å²) in [6, 6.07) is 6.27. The number of benzene rings is 2. The van der Waals surface area contributed by atoms with Gasteiger partial charge in [-0.05, 0) is 18.2 Å². The van der Waals surface area contributed by atoms with Crippen LogP contribution < -0.4 is 14.8 Å². The topological polar surface area (TPSA) is 85.8 Å². The second kappa shape index (κ2) is 12.3. The van der Waals surface area contributed by atoms with Gasteiger partial charge in [0.15, 0.2) is 17.3 Å². The van der Waals surface area contributed by atoms with Crippen LogP contribution in [-0.2, 0) is 9.53 Å². The number of allylic oxidation sites excluding steroid dienone is 1. The van der Waals surface area contributed by atoms with E-state index in [9.17, 15) is 22.4 Å². The third-order valence-corrected chi connectivity index (χ3v) is 7.41. The second-order valence-corrected chi connectivity index (χ2v) is 10.3. The second-order valence-electron chi connectivity index (χ2n) is 9.51. The van der Waals surface area contributed by atoms with E-state index in [4.69, 9.17) is 37.4 Å². The van der Waals surface area contributed by atoms with Crippen LogP contribution in [0.3, 0.4) is 0 Å². The van der Waals surface area contributed by atoms with Crippen molar-refractivity contribution in [2.75, 3.05) is 31.6 Å². The lowest BCUT2D eigenvalue weighted by atomic mass is 10.1. The Hall–Kier alpha value is -3.35. The highest BCUT2D eigenvalue weighted by Crippen LogP contribution is 2.38. The standard InChI is InChI=1S/C27H24Cl2F4N4O4/c28-18-1-2-19(25(30)24(18)29)36-26-17-11-21(22(12-20(17)34-14-35-26)41-16-6-10-39-13-16)40-15-4-8-37(9-5-15)23(38)3-7-27(31,32)33/h1-3,7,11-12,14-16H,4-6,8-10,13H2,(H,34,35,36)/b7-3+/t16-/m1/s1. The van der Waals surface area contributed by atoms with Crippen molar-refractivity contribution < 1.29 is 36.6 Å². The Balaban J connectivity index is 1.39. The molecule has 218 valence electrons. The summed E-state index contributed by atoms with van der Waals surface area (Å²) in [6.07, 6.45) is -1.85. The van der Waals surface area contributed by atoms with Gasteiger partial charge in [-0.15, -0.1) is 0 Å². The summed E-state index contributed by atoms with van der Waals surface area (Å²) in [4.78, 5) is 22.1. The van der Waals surface area contributed by atoms with Gasteiger partial charge in [-0.25, -0.2) is 14.4 Å². The Morgan fingerprint density at radius 2 is 1.80 bits per heavy atom. The molecule has 2 saturated heterocycles. The first-order valence-electron chi connectivity index (χ1n) is 12.7. The number of aromatic nitrogens is 2. The van der Waals surface area contributed by atoms with Crippen LogP contribution in [0.4, 0.5) is 29.1 Å². The predicted molar refractivity (Wildman–Crippen MR) is 145 cm³/mol. The highest BCUT2D eigenvalue weighted by molar-refractivity contribution is 6.42. The lowest BCUT2D eigenvalue weighted by molar-refractivity contribution is -0.128. The number of fused-ring (bicyclic) bond motifs is 1. The number of nitrogens with zero attached hydrogens (tertiary/aromatic N) is 3. The van der Waals surface area contributed by atoms with Crippen LogP contribution in [0, 0.1) is 5.82 Å². The molecule has 2 fully saturated rings. The van der Waals surface area contributed by atoms with E-state index < -0.39 is 17.9 Å². The van der Waals surface area contributed by atoms with Crippen molar-refractivity contribution in [1.29, 1.82) is 0 Å². The van der Waals surface area contributed by atoms with Crippen LogP contribution in [0.1, 0.15) is 19.3 Å². The van der Waals surface area contributed by atoms with Crippen molar-refractivity contribution in [1.82, 2.24) is 14.9 Å². The highest BCUT2D eigenvalue weighted by atomic mass is 35.5. The summed E-state index contributed by atoms with van der Waals surface area (Å²) in [6.45, 7) is 1.42. The molecule has 8 nitrogen and oxygen atoms in total. The van der Waals surface area contributed by atoms with E-state index in [1.54, 1.807) is 12.1 Å². The van der Waals surface area contributed by atoms with Gasteiger partial charge in [-0.1, -0.05) is 23.2 Å². The van der Waals surface area contributed by atoms with Crippen molar-refractivity contribution >= 4 is 51.5 Å². The van der Waals surface area contributed by atoms with E-state index in [0.29, 0.717) is 61.0 Å². The molecule has 1 N–H and O–H groups in total. The Morgan fingerprint density at radius 3 is 2.51 bits per heavy atom. The molecule has 2 aromatic carbocycles. The maximum absolute atomic E-state index is 14.8. The van der Waals surface area contributed by atoms with E-state index >= 15 is 0 Å². The fourth-order valence-corrected chi connectivity index (χ4v) is 4.84. The SMILES string of the molecule is O=C(/C=C/C(F)(F)F)N1CCC(Oc2cc3c(Nc4ccc(Cl)c(Cl)c4F)ncnc3cc2O[C@@H]2CCOC2)CC1. The smallest absolute Gasteiger partial charge is 0.409 e. The maximum atomic E-state index is 14.8. The molecule has 5 rings (SSSR count). The number of carbonyl (C=O) groups is 1. The van der Waals surface area contributed by atoms with Gasteiger partial charge in [0.2, 0.25) is 5.91 Å². The molecule has 2 aliphatic heterocycles. The third kappa shape index (κ3) is 7.11. The zero-order valence-electron chi connectivity index (χ0n) is 21.4. The number of nitrogens with one attached hydrogen (secondary N) is 1. The summed E-state index contributed by atoms with van der Waals surface area (Å²) in [5, 5.41) is 3.28. The van der Waals surface area contributed by atoms with Crippen LogP contribution in [0.5, 0.6) is 11.5 Å². The molecule has 0 spiro atoms. The molecule has 0 aliphatic carbocycles. The first kappa shape index (κ1) is 29.2. The number of hydrogen-bond donors (Lipinski definition) is 1. The fraction of sp³-hybridized carbons (Fsp3) is 0.370. The molecule has 0 unspecified atom stereocenters. The van der Waals surface area contributed by atoms with Gasteiger partial charge in [0, 0.05) is 56.0 Å². The molecule has 14 heteroatoms. The van der Waals surface area contributed by atoms with E-state index in [1.807, 2.05) is 0 Å². The molecule has 41 heavy (non-hydrogen) atoms. The average Bonchev–Trinajstić information content (AvgIpc) is 3.46. The Bertz CT molecular complexity index is 1460. The number of piperidine rings is 1. The fourth-order valence-electron chi connectivity index (χ4n) is 4.53. The Labute approximate surface area is 242 Å².